The molecule has 1 aliphatic heterocycles. The number of halogens is 1. The minimum absolute atomic E-state index is 0.127. The molecule has 5 heteroatoms. The molecule has 0 aromatic heterocycles. The van der Waals surface area contributed by atoms with Gasteiger partial charge in [0, 0.05) is 12.8 Å². The van der Waals surface area contributed by atoms with E-state index in [1.54, 1.807) is 26.0 Å². The fourth-order valence-electron chi connectivity index (χ4n) is 2.23. The Balaban J connectivity index is 2.21. The molecule has 1 fully saturated rings. The van der Waals surface area contributed by atoms with Crippen molar-refractivity contribution in [3.05, 3.63) is 35.6 Å². The number of carbonyl (C=O) groups is 1. The van der Waals surface area contributed by atoms with Gasteiger partial charge in [0.15, 0.2) is 0 Å². The van der Waals surface area contributed by atoms with Crippen LogP contribution < -0.4 is 0 Å². The van der Waals surface area contributed by atoms with Crippen molar-refractivity contribution in [2.75, 3.05) is 6.61 Å². The molecule has 0 radical (unpaired) electrons. The van der Waals surface area contributed by atoms with Gasteiger partial charge in [0.1, 0.15) is 5.82 Å². The Bertz CT molecular complexity index is 534. The van der Waals surface area contributed by atoms with Crippen LogP contribution in [0, 0.1) is 22.6 Å². The Morgan fingerprint density at radius 1 is 1.50 bits per heavy atom. The second-order valence-electron chi connectivity index (χ2n) is 5.54. The van der Waals surface area contributed by atoms with Crippen molar-refractivity contribution < 1.29 is 14.0 Å². The highest BCUT2D eigenvalue weighted by Gasteiger charge is 2.39. The highest BCUT2D eigenvalue weighted by atomic mass is 19.1. The summed E-state index contributed by atoms with van der Waals surface area (Å²) in [7, 11) is 0. The Hall–Kier alpha value is -1.93. The van der Waals surface area contributed by atoms with Crippen molar-refractivity contribution in [2.24, 2.45) is 5.41 Å². The van der Waals surface area contributed by atoms with Crippen LogP contribution in [0.1, 0.15) is 38.3 Å². The molecule has 0 aliphatic carbocycles. The second-order valence-corrected chi connectivity index (χ2v) is 5.54. The van der Waals surface area contributed by atoms with Crippen LogP contribution in [0.15, 0.2) is 24.3 Å². The first-order chi connectivity index (χ1) is 9.45. The lowest BCUT2D eigenvalue weighted by molar-refractivity contribution is -0.186. The van der Waals surface area contributed by atoms with Gasteiger partial charge in [-0.1, -0.05) is 12.1 Å². The fourth-order valence-corrected chi connectivity index (χ4v) is 2.23. The van der Waals surface area contributed by atoms with Crippen molar-refractivity contribution >= 4 is 5.91 Å². The van der Waals surface area contributed by atoms with Crippen LogP contribution in [-0.2, 0) is 9.63 Å². The summed E-state index contributed by atoms with van der Waals surface area (Å²) >= 11 is 0. The number of amides is 1. The normalized spacial score (nSPS) is 18.9. The topological polar surface area (TPSA) is 53.3 Å². The quantitative estimate of drug-likeness (QED) is 0.852. The van der Waals surface area contributed by atoms with Gasteiger partial charge in [-0.3, -0.25) is 9.63 Å². The number of hydroxylamine groups is 2. The molecule has 1 aromatic carbocycles. The van der Waals surface area contributed by atoms with E-state index in [2.05, 4.69) is 0 Å². The third kappa shape index (κ3) is 2.81. The van der Waals surface area contributed by atoms with Crippen molar-refractivity contribution in [3.63, 3.8) is 0 Å². The zero-order valence-electron chi connectivity index (χ0n) is 11.6. The van der Waals surface area contributed by atoms with Crippen LogP contribution >= 0.6 is 0 Å². The largest absolute Gasteiger partial charge is 0.272 e. The van der Waals surface area contributed by atoms with E-state index in [1.807, 2.05) is 6.07 Å². The lowest BCUT2D eigenvalue weighted by Gasteiger charge is -2.30. The molecular formula is C15H17FN2O2. The first-order valence-corrected chi connectivity index (χ1v) is 6.55. The van der Waals surface area contributed by atoms with Crippen LogP contribution in [0.5, 0.6) is 0 Å². The third-order valence-corrected chi connectivity index (χ3v) is 3.46. The van der Waals surface area contributed by atoms with Crippen LogP contribution in [-0.4, -0.2) is 17.6 Å². The first kappa shape index (κ1) is 14.5. The molecule has 0 saturated carbocycles. The molecule has 1 heterocycles. The lowest BCUT2D eigenvalue weighted by Crippen LogP contribution is -2.39. The van der Waals surface area contributed by atoms with Crippen LogP contribution in [0.4, 0.5) is 4.39 Å². The molecule has 1 amide bonds. The average molecular weight is 276 g/mol. The number of carbonyl (C=O) groups excluding carboxylic acids is 1. The fraction of sp³-hybridized carbons (Fsp3) is 0.467. The second kappa shape index (κ2) is 5.59. The van der Waals surface area contributed by atoms with E-state index in [1.165, 1.54) is 17.2 Å². The molecule has 20 heavy (non-hydrogen) atoms. The number of hydrogen-bond donors (Lipinski definition) is 0. The minimum Gasteiger partial charge on any atom is -0.272 e. The van der Waals surface area contributed by atoms with E-state index in [9.17, 15) is 9.18 Å². The maximum atomic E-state index is 13.0. The molecule has 4 nitrogen and oxygen atoms in total. The van der Waals surface area contributed by atoms with Crippen molar-refractivity contribution in [3.8, 4) is 6.07 Å². The van der Waals surface area contributed by atoms with E-state index >= 15 is 0 Å². The summed E-state index contributed by atoms with van der Waals surface area (Å²) < 4.78 is 13.0. The molecule has 106 valence electrons. The number of hydrogen-bond acceptors (Lipinski definition) is 3. The molecular weight excluding hydrogens is 259 g/mol. The highest BCUT2D eigenvalue weighted by molar-refractivity contribution is 5.82. The molecule has 1 aromatic rings. The zero-order chi connectivity index (χ0) is 14.8. The molecule has 1 saturated heterocycles. The van der Waals surface area contributed by atoms with Gasteiger partial charge in [0.2, 0.25) is 0 Å². The van der Waals surface area contributed by atoms with Gasteiger partial charge in [-0.05, 0) is 31.5 Å². The summed E-state index contributed by atoms with van der Waals surface area (Å²) in [6.07, 6.45) is 0.793. The number of nitriles is 1. The standard InChI is InChI=1S/C15H17FN2O2/c1-15(2,8-9-17)14(19)18-13(7-10-20-18)11-3-5-12(16)6-4-11/h3-6,13H,7-8,10H2,1-2H3/t13-/m0/s1. The predicted octanol–water partition coefficient (Wildman–Crippen LogP) is 2.97. The SMILES string of the molecule is CC(C)(CC#N)C(=O)N1OCC[C@H]1c1ccc(F)cc1. The van der Waals surface area contributed by atoms with Gasteiger partial charge in [-0.2, -0.15) is 5.26 Å². The van der Waals surface area contributed by atoms with E-state index < -0.39 is 5.41 Å². The van der Waals surface area contributed by atoms with Gasteiger partial charge in [-0.15, -0.1) is 0 Å². The first-order valence-electron chi connectivity index (χ1n) is 6.55. The third-order valence-electron chi connectivity index (χ3n) is 3.46. The van der Waals surface area contributed by atoms with Crippen LogP contribution in [0.2, 0.25) is 0 Å². The average Bonchev–Trinajstić information content (AvgIpc) is 2.87. The van der Waals surface area contributed by atoms with E-state index in [-0.39, 0.29) is 24.2 Å². The molecule has 2 rings (SSSR count). The van der Waals surface area contributed by atoms with Gasteiger partial charge in [0.25, 0.3) is 5.91 Å². The highest BCUT2D eigenvalue weighted by Crippen LogP contribution is 2.35. The molecule has 0 spiro atoms. The maximum Gasteiger partial charge on any atom is 0.253 e. The lowest BCUT2D eigenvalue weighted by atomic mass is 9.88. The zero-order valence-corrected chi connectivity index (χ0v) is 11.6. The predicted molar refractivity (Wildman–Crippen MR) is 70.6 cm³/mol. The Kier molecular flexibility index (Phi) is 4.05. The summed E-state index contributed by atoms with van der Waals surface area (Å²) in [5.41, 5.74) is 0.0437. The monoisotopic (exact) mass is 276 g/mol. The van der Waals surface area contributed by atoms with Crippen molar-refractivity contribution in [1.82, 2.24) is 5.06 Å². The molecule has 1 aliphatic rings. The summed E-state index contributed by atoms with van der Waals surface area (Å²) in [5.74, 6) is -0.527. The number of nitrogens with zero attached hydrogens (tertiary/aromatic N) is 2. The van der Waals surface area contributed by atoms with Gasteiger partial charge in [0.05, 0.1) is 24.1 Å². The summed E-state index contributed by atoms with van der Waals surface area (Å²) in [6.45, 7) is 3.89. The van der Waals surface area contributed by atoms with E-state index in [0.717, 1.165) is 5.56 Å². The Morgan fingerprint density at radius 3 is 2.75 bits per heavy atom. The van der Waals surface area contributed by atoms with E-state index in [4.69, 9.17) is 10.1 Å². The molecule has 1 atom stereocenters. The van der Waals surface area contributed by atoms with Gasteiger partial charge in [-0.25, -0.2) is 9.45 Å². The summed E-state index contributed by atoms with van der Waals surface area (Å²) in [4.78, 5) is 17.9. The van der Waals surface area contributed by atoms with Crippen LogP contribution in [0.3, 0.4) is 0 Å². The Morgan fingerprint density at radius 2 is 2.15 bits per heavy atom. The number of rotatable bonds is 3. The molecule has 0 unspecified atom stereocenters. The number of benzene rings is 1. The van der Waals surface area contributed by atoms with Crippen LogP contribution in [0.25, 0.3) is 0 Å². The summed E-state index contributed by atoms with van der Waals surface area (Å²) in [6, 6.07) is 7.86. The van der Waals surface area contributed by atoms with Crippen molar-refractivity contribution in [2.45, 2.75) is 32.7 Å². The smallest absolute Gasteiger partial charge is 0.253 e. The summed E-state index contributed by atoms with van der Waals surface area (Å²) in [5, 5.41) is 10.1. The minimum atomic E-state index is -0.794. The van der Waals surface area contributed by atoms with Gasteiger partial charge < -0.3 is 0 Å². The van der Waals surface area contributed by atoms with E-state index in [0.29, 0.717) is 13.0 Å². The molecule has 0 N–H and O–H groups in total. The maximum absolute atomic E-state index is 13.0. The van der Waals surface area contributed by atoms with Gasteiger partial charge >= 0.3 is 0 Å². The molecule has 0 bridgehead atoms. The van der Waals surface area contributed by atoms with Crippen molar-refractivity contribution in [1.29, 1.82) is 5.26 Å². The Labute approximate surface area is 117 Å².